The molecule has 0 amide bonds. The van der Waals surface area contributed by atoms with E-state index in [4.69, 9.17) is 0 Å². The van der Waals surface area contributed by atoms with Gasteiger partial charge in [0.1, 0.15) is 0 Å². The van der Waals surface area contributed by atoms with Crippen LogP contribution >= 0.6 is 0 Å². The van der Waals surface area contributed by atoms with E-state index in [1.165, 1.54) is 6.20 Å². The summed E-state index contributed by atoms with van der Waals surface area (Å²) in [6.45, 7) is 10.8. The Bertz CT molecular complexity index is 385. The third kappa shape index (κ3) is 2.57. The lowest BCUT2D eigenvalue weighted by Crippen LogP contribution is -2.21. The average molecular weight is 167 g/mol. The molecule has 4 nitrogen and oxygen atoms in total. The third-order valence-corrected chi connectivity index (χ3v) is 1.06. The minimum absolute atomic E-state index is 0.278. The summed E-state index contributed by atoms with van der Waals surface area (Å²) in [4.78, 5) is 19.0. The van der Waals surface area contributed by atoms with Gasteiger partial charge in [-0.15, -0.1) is 0 Å². The van der Waals surface area contributed by atoms with Crippen LogP contribution in [0.25, 0.3) is 12.8 Å². The highest BCUT2D eigenvalue weighted by Crippen LogP contribution is 1.55. The topological polar surface area (TPSA) is 61.0 Å². The molecule has 0 aliphatic heterocycles. The van der Waals surface area contributed by atoms with Crippen LogP contribution in [-0.4, -0.2) is 16.7 Å². The Morgan fingerprint density at radius 1 is 1.42 bits per heavy atom. The Kier molecular flexibility index (Phi) is 4.45. The predicted molar refractivity (Wildman–Crippen MR) is 51.5 cm³/mol. The molecule has 0 saturated heterocycles. The fourth-order valence-electron chi connectivity index (χ4n) is 0.635. The SMILES string of the molecule is C=N/C=c1/[nH]c(=O)[nH]c1=C.CC. The van der Waals surface area contributed by atoms with Crippen molar-refractivity contribution in [1.82, 2.24) is 9.97 Å². The fourth-order valence-corrected chi connectivity index (χ4v) is 0.635. The van der Waals surface area contributed by atoms with Crippen LogP contribution in [0.15, 0.2) is 9.79 Å². The molecule has 0 bridgehead atoms. The minimum Gasteiger partial charge on any atom is -0.306 e. The maximum absolute atomic E-state index is 10.6. The van der Waals surface area contributed by atoms with Crippen LogP contribution in [0.2, 0.25) is 0 Å². The van der Waals surface area contributed by atoms with Gasteiger partial charge in [-0.2, -0.15) is 0 Å². The molecule has 4 heteroatoms. The standard InChI is InChI=1S/C6H7N3O.C2H6/c1-4-5(3-7-2)9-6(10)8-4;1-2/h3H,1-2H2,(H2,8,9,10);1-2H3/b5-3+;. The van der Waals surface area contributed by atoms with Crippen LogP contribution in [0.1, 0.15) is 13.8 Å². The van der Waals surface area contributed by atoms with Crippen molar-refractivity contribution >= 4 is 19.5 Å². The van der Waals surface area contributed by atoms with E-state index < -0.39 is 0 Å². The zero-order valence-electron chi connectivity index (χ0n) is 7.35. The Morgan fingerprint density at radius 2 is 2.00 bits per heavy atom. The van der Waals surface area contributed by atoms with Crippen molar-refractivity contribution in [3.8, 4) is 0 Å². The zero-order chi connectivity index (χ0) is 9.56. The number of rotatable bonds is 1. The number of aromatic amines is 2. The molecule has 1 aromatic rings. The minimum atomic E-state index is -0.278. The van der Waals surface area contributed by atoms with Gasteiger partial charge in [0.15, 0.2) is 0 Å². The number of aliphatic imine (C=N–C) groups is 1. The predicted octanol–water partition coefficient (Wildman–Crippen LogP) is -0.422. The molecule has 0 aromatic carbocycles. The lowest BCUT2D eigenvalue weighted by molar-refractivity contribution is 1.17. The van der Waals surface area contributed by atoms with E-state index >= 15 is 0 Å². The van der Waals surface area contributed by atoms with Gasteiger partial charge in [0, 0.05) is 0 Å². The van der Waals surface area contributed by atoms with Crippen molar-refractivity contribution in [2.75, 3.05) is 0 Å². The van der Waals surface area contributed by atoms with Gasteiger partial charge in [-0.1, -0.05) is 20.4 Å². The molecular weight excluding hydrogens is 154 g/mol. The number of hydrogen-bond donors (Lipinski definition) is 2. The van der Waals surface area contributed by atoms with Crippen molar-refractivity contribution < 1.29 is 0 Å². The first-order valence-electron chi connectivity index (χ1n) is 3.67. The lowest BCUT2D eigenvalue weighted by atomic mass is 10.6. The molecule has 2 N–H and O–H groups in total. The van der Waals surface area contributed by atoms with E-state index in [1.807, 2.05) is 13.8 Å². The molecule has 12 heavy (non-hydrogen) atoms. The second kappa shape index (κ2) is 5.12. The summed E-state index contributed by atoms with van der Waals surface area (Å²) in [5.41, 5.74) is -0.278. The summed E-state index contributed by atoms with van der Waals surface area (Å²) >= 11 is 0. The largest absolute Gasteiger partial charge is 0.323 e. The van der Waals surface area contributed by atoms with Crippen molar-refractivity contribution in [3.63, 3.8) is 0 Å². The second-order valence-corrected chi connectivity index (χ2v) is 1.78. The summed E-state index contributed by atoms with van der Waals surface area (Å²) in [6, 6.07) is 0. The summed E-state index contributed by atoms with van der Waals surface area (Å²) in [5, 5.41) is 1.09. The summed E-state index contributed by atoms with van der Waals surface area (Å²) in [7, 11) is 0. The maximum Gasteiger partial charge on any atom is 0.323 e. The maximum atomic E-state index is 10.6. The lowest BCUT2D eigenvalue weighted by Gasteiger charge is -1.69. The van der Waals surface area contributed by atoms with Crippen molar-refractivity contribution in [2.45, 2.75) is 13.8 Å². The van der Waals surface area contributed by atoms with E-state index in [-0.39, 0.29) is 5.69 Å². The first-order valence-corrected chi connectivity index (χ1v) is 3.67. The smallest absolute Gasteiger partial charge is 0.306 e. The van der Waals surface area contributed by atoms with Gasteiger partial charge in [-0.05, 0) is 6.72 Å². The highest BCUT2D eigenvalue weighted by atomic mass is 16.1. The van der Waals surface area contributed by atoms with Gasteiger partial charge in [0.25, 0.3) is 0 Å². The van der Waals surface area contributed by atoms with Crippen molar-refractivity contribution in [3.05, 3.63) is 21.2 Å². The molecule has 66 valence electrons. The average Bonchev–Trinajstić information content (AvgIpc) is 2.35. The zero-order valence-corrected chi connectivity index (χ0v) is 7.35. The second-order valence-electron chi connectivity index (χ2n) is 1.78. The molecule has 0 aliphatic carbocycles. The fraction of sp³-hybridized carbons (Fsp3) is 0.250. The quantitative estimate of drug-likeness (QED) is 0.548. The summed E-state index contributed by atoms with van der Waals surface area (Å²) in [5.74, 6) is 0. The van der Waals surface area contributed by atoms with E-state index in [1.54, 1.807) is 0 Å². The summed E-state index contributed by atoms with van der Waals surface area (Å²) < 4.78 is 0. The van der Waals surface area contributed by atoms with E-state index in [2.05, 4.69) is 28.3 Å². The summed E-state index contributed by atoms with van der Waals surface area (Å²) in [6.07, 6.45) is 1.43. The molecule has 1 heterocycles. The number of hydrogen-bond acceptors (Lipinski definition) is 2. The van der Waals surface area contributed by atoms with E-state index in [9.17, 15) is 4.79 Å². The van der Waals surface area contributed by atoms with Crippen LogP contribution in [0.5, 0.6) is 0 Å². The first-order chi connectivity index (χ1) is 5.74. The number of H-pyrrole nitrogens is 2. The molecule has 0 spiro atoms. The molecule has 0 radical (unpaired) electrons. The number of aromatic nitrogens is 2. The number of nitrogens with zero attached hydrogens (tertiary/aromatic N) is 1. The van der Waals surface area contributed by atoms with Crippen molar-refractivity contribution in [2.24, 2.45) is 4.99 Å². The molecule has 0 fully saturated rings. The Morgan fingerprint density at radius 3 is 2.33 bits per heavy atom. The number of nitrogens with one attached hydrogen (secondary N) is 2. The van der Waals surface area contributed by atoms with Crippen LogP contribution in [0.4, 0.5) is 0 Å². The number of imidazole rings is 1. The van der Waals surface area contributed by atoms with Crippen LogP contribution in [-0.2, 0) is 0 Å². The Labute approximate surface area is 70.4 Å². The molecule has 0 unspecified atom stereocenters. The highest BCUT2D eigenvalue weighted by Gasteiger charge is 1.84. The molecule has 0 aliphatic rings. The van der Waals surface area contributed by atoms with Crippen LogP contribution in [0, 0.1) is 0 Å². The molecule has 1 rings (SSSR count). The molecule has 1 aromatic heterocycles. The van der Waals surface area contributed by atoms with Gasteiger partial charge >= 0.3 is 5.69 Å². The van der Waals surface area contributed by atoms with Crippen LogP contribution < -0.4 is 16.4 Å². The Balaban J connectivity index is 0.000000561. The van der Waals surface area contributed by atoms with E-state index in [0.29, 0.717) is 10.7 Å². The third-order valence-electron chi connectivity index (χ3n) is 1.06. The van der Waals surface area contributed by atoms with Crippen LogP contribution in [0.3, 0.4) is 0 Å². The van der Waals surface area contributed by atoms with Gasteiger partial charge in [-0.25, -0.2) is 4.79 Å². The van der Waals surface area contributed by atoms with Gasteiger partial charge in [0.05, 0.1) is 16.9 Å². The van der Waals surface area contributed by atoms with Gasteiger partial charge < -0.3 is 9.97 Å². The molecule has 0 atom stereocenters. The van der Waals surface area contributed by atoms with Gasteiger partial charge in [-0.3, -0.25) is 4.99 Å². The monoisotopic (exact) mass is 167 g/mol. The van der Waals surface area contributed by atoms with Crippen molar-refractivity contribution in [1.29, 1.82) is 0 Å². The Hall–Kier alpha value is -1.58. The first kappa shape index (κ1) is 10.4. The molecule has 0 saturated carbocycles. The highest BCUT2D eigenvalue weighted by molar-refractivity contribution is 5.35. The molecular formula is C8H13N3O. The van der Waals surface area contributed by atoms with Gasteiger partial charge in [0.2, 0.25) is 0 Å². The van der Waals surface area contributed by atoms with E-state index in [0.717, 1.165) is 0 Å². The normalized spacial score (nSPS) is 10.3.